The van der Waals surface area contributed by atoms with Crippen LogP contribution in [0.2, 0.25) is 0 Å². The van der Waals surface area contributed by atoms with E-state index in [0.29, 0.717) is 24.6 Å². The molecular weight excluding hydrogens is 405 g/mol. The Balaban J connectivity index is 1.41. The molecule has 1 aromatic carbocycles. The molecule has 0 unspecified atom stereocenters. The molecule has 172 valence electrons. The molecule has 1 amide bonds. The zero-order valence-corrected chi connectivity index (χ0v) is 19.3. The van der Waals surface area contributed by atoms with Crippen LogP contribution < -0.4 is 0 Å². The predicted molar refractivity (Wildman–Crippen MR) is 124 cm³/mol. The normalized spacial score (nSPS) is 18.2. The van der Waals surface area contributed by atoms with Gasteiger partial charge in [0.05, 0.1) is 0 Å². The van der Waals surface area contributed by atoms with Crippen molar-refractivity contribution in [2.24, 2.45) is 0 Å². The van der Waals surface area contributed by atoms with Crippen molar-refractivity contribution in [1.82, 2.24) is 14.4 Å². The molecule has 0 bridgehead atoms. The lowest BCUT2D eigenvalue weighted by molar-refractivity contribution is -0.133. The molecule has 4 rings (SSSR count). The van der Waals surface area contributed by atoms with E-state index in [-0.39, 0.29) is 17.5 Å². The van der Waals surface area contributed by atoms with Crippen LogP contribution in [0.15, 0.2) is 30.3 Å². The van der Waals surface area contributed by atoms with Crippen LogP contribution in [0, 0.1) is 12.7 Å². The molecule has 6 heteroatoms. The summed E-state index contributed by atoms with van der Waals surface area (Å²) in [5, 5.41) is 0. The van der Waals surface area contributed by atoms with Gasteiger partial charge in [-0.1, -0.05) is 19.3 Å². The van der Waals surface area contributed by atoms with Crippen molar-refractivity contribution >= 4 is 11.7 Å². The number of Topliss-reactive ketones (excluding diaryl/α,β-unsaturated/α-hetero) is 1. The van der Waals surface area contributed by atoms with Crippen molar-refractivity contribution < 1.29 is 14.0 Å². The first kappa shape index (κ1) is 22.7. The maximum Gasteiger partial charge on any atom is 0.224 e. The third-order valence-corrected chi connectivity index (χ3v) is 7.19. The zero-order valence-electron chi connectivity index (χ0n) is 19.3. The number of hydrogen-bond acceptors (Lipinski definition) is 3. The van der Waals surface area contributed by atoms with Gasteiger partial charge in [0, 0.05) is 62.1 Å². The molecule has 32 heavy (non-hydrogen) atoms. The Labute approximate surface area is 190 Å². The van der Waals surface area contributed by atoms with Crippen molar-refractivity contribution in [2.75, 3.05) is 26.2 Å². The van der Waals surface area contributed by atoms with E-state index in [1.165, 1.54) is 44.2 Å². The van der Waals surface area contributed by atoms with Crippen molar-refractivity contribution in [3.63, 3.8) is 0 Å². The van der Waals surface area contributed by atoms with E-state index < -0.39 is 0 Å². The molecule has 0 N–H and O–H groups in total. The molecule has 1 aliphatic carbocycles. The molecule has 2 aliphatic rings. The van der Waals surface area contributed by atoms with Gasteiger partial charge in [-0.25, -0.2) is 4.39 Å². The third kappa shape index (κ3) is 4.96. The first-order chi connectivity index (χ1) is 15.4. The summed E-state index contributed by atoms with van der Waals surface area (Å²) < 4.78 is 15.4. The Bertz CT molecular complexity index is 952. The smallest absolute Gasteiger partial charge is 0.224 e. The highest BCUT2D eigenvalue weighted by atomic mass is 19.1. The second kappa shape index (κ2) is 9.99. The monoisotopic (exact) mass is 439 g/mol. The van der Waals surface area contributed by atoms with Gasteiger partial charge in [-0.3, -0.25) is 14.5 Å². The van der Waals surface area contributed by atoms with Gasteiger partial charge in [0.1, 0.15) is 5.82 Å². The molecule has 2 heterocycles. The van der Waals surface area contributed by atoms with Crippen LogP contribution in [0.5, 0.6) is 0 Å². The summed E-state index contributed by atoms with van der Waals surface area (Å²) in [6.45, 7) is 7.50. The minimum Gasteiger partial charge on any atom is -0.344 e. The molecule has 0 radical (unpaired) electrons. The lowest BCUT2D eigenvalue weighted by Gasteiger charge is -2.40. The van der Waals surface area contributed by atoms with Crippen LogP contribution in [0.25, 0.3) is 11.3 Å². The molecule has 2 aromatic rings. The number of benzene rings is 1. The molecule has 5 nitrogen and oxygen atoms in total. The average molecular weight is 440 g/mol. The van der Waals surface area contributed by atoms with Crippen LogP contribution in [0.4, 0.5) is 4.39 Å². The minimum absolute atomic E-state index is 0.00484. The number of ketones is 1. The lowest BCUT2D eigenvalue weighted by Crippen LogP contribution is -2.52. The van der Waals surface area contributed by atoms with E-state index in [9.17, 15) is 14.0 Å². The summed E-state index contributed by atoms with van der Waals surface area (Å²) in [5.74, 6) is -0.136. The maximum atomic E-state index is 13.4. The Hall–Kier alpha value is -2.47. The summed E-state index contributed by atoms with van der Waals surface area (Å²) >= 11 is 0. The number of aromatic nitrogens is 1. The first-order valence-corrected chi connectivity index (χ1v) is 11.9. The number of nitrogens with zero attached hydrogens (tertiary/aromatic N) is 3. The second-order valence-electron chi connectivity index (χ2n) is 9.20. The molecule has 2 fully saturated rings. The highest BCUT2D eigenvalue weighted by Crippen LogP contribution is 2.28. The molecule has 1 aliphatic heterocycles. The number of halogens is 1. The van der Waals surface area contributed by atoms with Gasteiger partial charge in [0.15, 0.2) is 5.78 Å². The SMILES string of the molecule is CC(=O)c1cc(-c2ccc(F)cc2)n(CCC(=O)N2CCN(C3CCCCC3)CC2)c1C. The standard InChI is InChI=1S/C26H34FN3O2/c1-19-24(20(2)31)18-25(21-8-10-22(27)11-9-21)30(19)13-12-26(32)29-16-14-28(15-17-29)23-6-4-3-5-7-23/h8-11,18,23H,3-7,12-17H2,1-2H3. The van der Waals surface area contributed by atoms with Crippen molar-refractivity contribution in [1.29, 1.82) is 0 Å². The Kier molecular flexibility index (Phi) is 7.09. The Morgan fingerprint density at radius 3 is 2.28 bits per heavy atom. The highest BCUT2D eigenvalue weighted by Gasteiger charge is 2.27. The number of carbonyl (C=O) groups is 2. The number of amides is 1. The van der Waals surface area contributed by atoms with E-state index in [1.807, 2.05) is 22.5 Å². The van der Waals surface area contributed by atoms with Gasteiger partial charge in [-0.05, 0) is 62.6 Å². The summed E-state index contributed by atoms with van der Waals surface area (Å²) in [6, 6.07) is 8.84. The van der Waals surface area contributed by atoms with Crippen LogP contribution in [-0.2, 0) is 11.3 Å². The van der Waals surface area contributed by atoms with Gasteiger partial charge < -0.3 is 9.47 Å². The van der Waals surface area contributed by atoms with E-state index in [0.717, 1.165) is 43.1 Å². The molecule has 1 aromatic heterocycles. The van der Waals surface area contributed by atoms with Crippen LogP contribution in [0.1, 0.15) is 61.5 Å². The van der Waals surface area contributed by atoms with Crippen molar-refractivity contribution in [3.05, 3.63) is 47.4 Å². The van der Waals surface area contributed by atoms with Crippen molar-refractivity contribution in [2.45, 2.75) is 65.0 Å². The maximum absolute atomic E-state index is 13.4. The topological polar surface area (TPSA) is 45.6 Å². The molecule has 0 atom stereocenters. The molecule has 1 saturated heterocycles. The number of piperazine rings is 1. The second-order valence-corrected chi connectivity index (χ2v) is 9.20. The molecular formula is C26H34FN3O2. The Morgan fingerprint density at radius 2 is 1.66 bits per heavy atom. The van der Waals surface area contributed by atoms with E-state index >= 15 is 0 Å². The third-order valence-electron chi connectivity index (χ3n) is 7.19. The van der Waals surface area contributed by atoms with E-state index in [4.69, 9.17) is 0 Å². The fraction of sp³-hybridized carbons (Fsp3) is 0.538. The number of hydrogen-bond donors (Lipinski definition) is 0. The summed E-state index contributed by atoms with van der Waals surface area (Å²) in [7, 11) is 0. The van der Waals surface area contributed by atoms with Crippen LogP contribution in [-0.4, -0.2) is 58.3 Å². The molecule has 1 saturated carbocycles. The summed E-state index contributed by atoms with van der Waals surface area (Å²) in [4.78, 5) is 29.6. The fourth-order valence-electron chi connectivity index (χ4n) is 5.30. The first-order valence-electron chi connectivity index (χ1n) is 11.9. The van der Waals surface area contributed by atoms with Crippen LogP contribution >= 0.6 is 0 Å². The quantitative estimate of drug-likeness (QED) is 0.615. The predicted octanol–water partition coefficient (Wildman–Crippen LogP) is 4.67. The van der Waals surface area contributed by atoms with Gasteiger partial charge >= 0.3 is 0 Å². The van der Waals surface area contributed by atoms with Gasteiger partial charge in [0.25, 0.3) is 0 Å². The van der Waals surface area contributed by atoms with Crippen molar-refractivity contribution in [3.8, 4) is 11.3 Å². The fourth-order valence-corrected chi connectivity index (χ4v) is 5.30. The molecule has 0 spiro atoms. The zero-order chi connectivity index (χ0) is 22.7. The largest absolute Gasteiger partial charge is 0.344 e. The van der Waals surface area contributed by atoms with Crippen LogP contribution in [0.3, 0.4) is 0 Å². The van der Waals surface area contributed by atoms with E-state index in [2.05, 4.69) is 4.90 Å². The van der Waals surface area contributed by atoms with Gasteiger partial charge in [-0.15, -0.1) is 0 Å². The highest BCUT2D eigenvalue weighted by molar-refractivity contribution is 5.96. The van der Waals surface area contributed by atoms with E-state index in [1.54, 1.807) is 19.1 Å². The number of rotatable bonds is 6. The van der Waals surface area contributed by atoms with Gasteiger partial charge in [0.2, 0.25) is 5.91 Å². The average Bonchev–Trinajstić information content (AvgIpc) is 3.15. The lowest BCUT2D eigenvalue weighted by atomic mass is 9.94. The number of carbonyl (C=O) groups excluding carboxylic acids is 2. The minimum atomic E-state index is -0.294. The Morgan fingerprint density at radius 1 is 1.00 bits per heavy atom. The summed E-state index contributed by atoms with van der Waals surface area (Å²) in [6.07, 6.45) is 7.01. The summed E-state index contributed by atoms with van der Waals surface area (Å²) in [5.41, 5.74) is 3.20. The van der Waals surface area contributed by atoms with Gasteiger partial charge in [-0.2, -0.15) is 0 Å².